The lowest BCUT2D eigenvalue weighted by molar-refractivity contribution is 0.0253. The first kappa shape index (κ1) is 7.31. The Hall–Kier alpha value is -0.350. The number of aliphatic hydroxyl groups is 1. The number of hydrogen-bond donors (Lipinski definition) is 1. The van der Waals surface area contributed by atoms with Crippen LogP contribution in [0.1, 0.15) is 18.9 Å². The van der Waals surface area contributed by atoms with Crippen molar-refractivity contribution in [3.63, 3.8) is 0 Å². The van der Waals surface area contributed by atoms with Gasteiger partial charge in [-0.25, -0.2) is 0 Å². The number of nitrogens with zero attached hydrogens (tertiary/aromatic N) is 2. The van der Waals surface area contributed by atoms with Gasteiger partial charge in [-0.2, -0.15) is 5.10 Å². The molecule has 1 N–H and O–H groups in total. The molecule has 1 aromatic heterocycles. The molecule has 0 radical (unpaired) electrons. The molecule has 0 aliphatic heterocycles. The van der Waals surface area contributed by atoms with E-state index in [-0.39, 0.29) is 12.1 Å². The van der Waals surface area contributed by atoms with Crippen molar-refractivity contribution in [2.24, 2.45) is 0 Å². The smallest absolute Gasteiger partial charge is 0.0779 e. The minimum atomic E-state index is -0.193. The van der Waals surface area contributed by atoms with Gasteiger partial charge in [0.2, 0.25) is 0 Å². The molecule has 0 aromatic carbocycles. The molecule has 0 bridgehead atoms. The van der Waals surface area contributed by atoms with Gasteiger partial charge in [0.05, 0.1) is 22.8 Å². The lowest BCUT2D eigenvalue weighted by atomic mass is 9.89. The quantitative estimate of drug-likeness (QED) is 0.770. The SMILES string of the molecule is O[C@H]1CC[C@@H]1n1cc(Br)cn1. The van der Waals surface area contributed by atoms with E-state index in [0.717, 1.165) is 17.3 Å². The number of aromatic nitrogens is 2. The standard InChI is InChI=1S/C7H9BrN2O/c8-5-3-9-10(4-5)6-1-2-7(6)11/h3-4,6-7,11H,1-2H2/t6-,7-/m0/s1. The first-order chi connectivity index (χ1) is 5.27. The molecule has 2 atom stereocenters. The van der Waals surface area contributed by atoms with Gasteiger partial charge in [-0.05, 0) is 28.8 Å². The van der Waals surface area contributed by atoms with Crippen LogP contribution in [0.2, 0.25) is 0 Å². The molecule has 0 spiro atoms. The topological polar surface area (TPSA) is 38.0 Å². The molecule has 2 rings (SSSR count). The molecule has 1 fully saturated rings. The third-order valence-electron chi connectivity index (χ3n) is 2.11. The lowest BCUT2D eigenvalue weighted by Gasteiger charge is -2.32. The van der Waals surface area contributed by atoms with E-state index in [9.17, 15) is 5.11 Å². The van der Waals surface area contributed by atoms with Crippen molar-refractivity contribution < 1.29 is 5.11 Å². The van der Waals surface area contributed by atoms with Crippen molar-refractivity contribution in [2.75, 3.05) is 0 Å². The minimum Gasteiger partial charge on any atom is -0.391 e. The monoisotopic (exact) mass is 216 g/mol. The Kier molecular flexibility index (Phi) is 1.73. The van der Waals surface area contributed by atoms with Gasteiger partial charge in [-0.1, -0.05) is 0 Å². The van der Waals surface area contributed by atoms with Crippen molar-refractivity contribution in [1.82, 2.24) is 9.78 Å². The van der Waals surface area contributed by atoms with Gasteiger partial charge in [0.15, 0.2) is 0 Å². The van der Waals surface area contributed by atoms with Crippen molar-refractivity contribution >= 4 is 15.9 Å². The Morgan fingerprint density at radius 3 is 2.82 bits per heavy atom. The Morgan fingerprint density at radius 2 is 2.45 bits per heavy atom. The minimum absolute atomic E-state index is 0.193. The van der Waals surface area contributed by atoms with E-state index in [1.165, 1.54) is 0 Å². The molecule has 4 heteroatoms. The Bertz CT molecular complexity index is 261. The second kappa shape index (κ2) is 2.60. The van der Waals surface area contributed by atoms with Crippen molar-refractivity contribution in [2.45, 2.75) is 25.0 Å². The fourth-order valence-electron chi connectivity index (χ4n) is 1.27. The predicted octanol–water partition coefficient (Wildman–Crippen LogP) is 1.34. The van der Waals surface area contributed by atoms with Crippen LogP contribution in [0.3, 0.4) is 0 Å². The van der Waals surface area contributed by atoms with Gasteiger partial charge in [-0.15, -0.1) is 0 Å². The summed E-state index contributed by atoms with van der Waals surface area (Å²) in [5, 5.41) is 13.4. The Labute approximate surface area is 73.2 Å². The van der Waals surface area contributed by atoms with Crippen LogP contribution < -0.4 is 0 Å². The summed E-state index contributed by atoms with van der Waals surface area (Å²) in [6.07, 6.45) is 5.39. The molecular weight excluding hydrogens is 208 g/mol. The van der Waals surface area contributed by atoms with E-state index in [4.69, 9.17) is 0 Å². The van der Waals surface area contributed by atoms with Gasteiger partial charge in [-0.3, -0.25) is 4.68 Å². The van der Waals surface area contributed by atoms with E-state index in [1.54, 1.807) is 6.20 Å². The zero-order valence-electron chi connectivity index (χ0n) is 5.94. The van der Waals surface area contributed by atoms with Gasteiger partial charge in [0.1, 0.15) is 0 Å². The molecule has 1 aromatic rings. The summed E-state index contributed by atoms with van der Waals surface area (Å²) >= 11 is 3.31. The van der Waals surface area contributed by atoms with Crippen LogP contribution in [0.4, 0.5) is 0 Å². The van der Waals surface area contributed by atoms with Gasteiger partial charge >= 0.3 is 0 Å². The van der Waals surface area contributed by atoms with Gasteiger partial charge < -0.3 is 5.11 Å². The molecule has 0 unspecified atom stereocenters. The molecule has 1 saturated carbocycles. The molecule has 60 valence electrons. The zero-order valence-corrected chi connectivity index (χ0v) is 7.53. The highest BCUT2D eigenvalue weighted by Gasteiger charge is 2.30. The first-order valence-corrected chi connectivity index (χ1v) is 4.44. The summed E-state index contributed by atoms with van der Waals surface area (Å²) in [6.45, 7) is 0. The molecule has 11 heavy (non-hydrogen) atoms. The van der Waals surface area contributed by atoms with E-state index < -0.39 is 0 Å². The second-order valence-corrected chi connectivity index (χ2v) is 3.77. The van der Waals surface area contributed by atoms with E-state index >= 15 is 0 Å². The maximum Gasteiger partial charge on any atom is 0.0779 e. The van der Waals surface area contributed by atoms with Crippen LogP contribution in [-0.2, 0) is 0 Å². The fourth-order valence-corrected chi connectivity index (χ4v) is 1.57. The molecule has 1 heterocycles. The number of hydrogen-bond acceptors (Lipinski definition) is 2. The molecular formula is C7H9BrN2O. The largest absolute Gasteiger partial charge is 0.391 e. The maximum absolute atomic E-state index is 9.29. The van der Waals surface area contributed by atoms with E-state index in [0.29, 0.717) is 0 Å². The van der Waals surface area contributed by atoms with Crippen molar-refractivity contribution in [3.05, 3.63) is 16.9 Å². The van der Waals surface area contributed by atoms with E-state index in [1.807, 2.05) is 10.9 Å². The Morgan fingerprint density at radius 1 is 1.64 bits per heavy atom. The predicted molar refractivity (Wildman–Crippen MR) is 44.2 cm³/mol. The van der Waals surface area contributed by atoms with Crippen molar-refractivity contribution in [3.8, 4) is 0 Å². The van der Waals surface area contributed by atoms with Crippen molar-refractivity contribution in [1.29, 1.82) is 0 Å². The first-order valence-electron chi connectivity index (χ1n) is 3.65. The highest BCUT2D eigenvalue weighted by atomic mass is 79.9. The average Bonchev–Trinajstić information content (AvgIpc) is 2.33. The molecule has 0 amide bonds. The van der Waals surface area contributed by atoms with Crippen LogP contribution in [0, 0.1) is 0 Å². The number of rotatable bonds is 1. The van der Waals surface area contributed by atoms with Gasteiger partial charge in [0, 0.05) is 6.20 Å². The normalized spacial score (nSPS) is 30.0. The van der Waals surface area contributed by atoms with Crippen LogP contribution in [0.5, 0.6) is 0 Å². The van der Waals surface area contributed by atoms with Crippen LogP contribution >= 0.6 is 15.9 Å². The average molecular weight is 217 g/mol. The number of aliphatic hydroxyl groups excluding tert-OH is 1. The third-order valence-corrected chi connectivity index (χ3v) is 2.52. The Balaban J connectivity index is 2.16. The summed E-state index contributed by atoms with van der Waals surface area (Å²) in [5.74, 6) is 0. The summed E-state index contributed by atoms with van der Waals surface area (Å²) in [7, 11) is 0. The summed E-state index contributed by atoms with van der Waals surface area (Å²) in [6, 6.07) is 0.210. The lowest BCUT2D eigenvalue weighted by Crippen LogP contribution is -2.33. The summed E-state index contributed by atoms with van der Waals surface area (Å²) in [5.41, 5.74) is 0. The molecule has 1 aliphatic rings. The third kappa shape index (κ3) is 1.20. The molecule has 1 aliphatic carbocycles. The van der Waals surface area contributed by atoms with E-state index in [2.05, 4.69) is 21.0 Å². The van der Waals surface area contributed by atoms with Crippen LogP contribution in [0.15, 0.2) is 16.9 Å². The van der Waals surface area contributed by atoms with Crippen LogP contribution in [-0.4, -0.2) is 21.0 Å². The summed E-state index contributed by atoms with van der Waals surface area (Å²) < 4.78 is 2.79. The molecule has 3 nitrogen and oxygen atoms in total. The van der Waals surface area contributed by atoms with Crippen LogP contribution in [0.25, 0.3) is 0 Å². The summed E-state index contributed by atoms with van der Waals surface area (Å²) in [4.78, 5) is 0. The highest BCUT2D eigenvalue weighted by Crippen LogP contribution is 2.31. The maximum atomic E-state index is 9.29. The van der Waals surface area contributed by atoms with Gasteiger partial charge in [0.25, 0.3) is 0 Å². The highest BCUT2D eigenvalue weighted by molar-refractivity contribution is 9.10. The zero-order chi connectivity index (χ0) is 7.84. The fraction of sp³-hybridized carbons (Fsp3) is 0.571. The number of halogens is 1. The molecule has 0 saturated heterocycles. The second-order valence-electron chi connectivity index (χ2n) is 2.85.